The first kappa shape index (κ1) is 42.9. The molecule has 54 heavy (non-hydrogen) atoms. The smallest absolute Gasteiger partial charge is 0.477 e. The number of non-ortho nitro benzene ring substituents is 1. The highest BCUT2D eigenvalue weighted by Crippen LogP contribution is 2.33. The molecule has 3 rings (SSSR count). The number of guanidine groups is 1. The number of hydrogen-bond acceptors (Lipinski definition) is 16. The summed E-state index contributed by atoms with van der Waals surface area (Å²) in [6.45, 7) is 15.3. The number of esters is 1. The molecule has 0 bridgehead atoms. The molecule has 0 aromatic heterocycles. The van der Waals surface area contributed by atoms with E-state index in [9.17, 15) is 34.1 Å². The van der Waals surface area contributed by atoms with Crippen LogP contribution in [0.5, 0.6) is 5.75 Å². The van der Waals surface area contributed by atoms with Crippen LogP contribution in [0.4, 0.5) is 20.1 Å². The second-order valence-corrected chi connectivity index (χ2v) is 14.3. The van der Waals surface area contributed by atoms with Crippen molar-refractivity contribution in [2.75, 3.05) is 13.2 Å². The number of aliphatic imine (C=N–C) groups is 1. The van der Waals surface area contributed by atoms with E-state index in [0.29, 0.717) is 0 Å². The second-order valence-electron chi connectivity index (χ2n) is 14.3. The number of nitro benzene ring substituents is 1. The monoisotopic (exact) mass is 765 g/mol. The van der Waals surface area contributed by atoms with E-state index >= 15 is 0 Å². The lowest BCUT2D eigenvalue weighted by molar-refractivity contribution is -0.384. The molecule has 1 saturated heterocycles. The lowest BCUT2D eigenvalue weighted by Gasteiger charge is -2.40. The van der Waals surface area contributed by atoms with Gasteiger partial charge in [0.15, 0.2) is 18.0 Å². The van der Waals surface area contributed by atoms with E-state index in [1.165, 1.54) is 25.1 Å². The second kappa shape index (κ2) is 17.5. The van der Waals surface area contributed by atoms with Crippen LogP contribution in [-0.2, 0) is 42.7 Å². The van der Waals surface area contributed by atoms with Gasteiger partial charge in [-0.15, -0.1) is 0 Å². The van der Waals surface area contributed by atoms with E-state index in [2.05, 4.69) is 20.9 Å². The molecule has 2 aliphatic heterocycles. The maximum atomic E-state index is 13.3. The predicted molar refractivity (Wildman–Crippen MR) is 186 cm³/mol. The Kier molecular flexibility index (Phi) is 13.9. The van der Waals surface area contributed by atoms with Crippen LogP contribution >= 0.6 is 0 Å². The molecular weight excluding hydrogens is 718 g/mol. The number of rotatable bonds is 9. The number of hydrogen-bond donors (Lipinski definition) is 3. The van der Waals surface area contributed by atoms with Crippen molar-refractivity contribution in [2.45, 2.75) is 117 Å². The van der Waals surface area contributed by atoms with Gasteiger partial charge < -0.3 is 43.2 Å². The van der Waals surface area contributed by atoms with E-state index in [-0.39, 0.29) is 24.7 Å². The molecule has 3 amide bonds. The molecule has 0 radical (unpaired) electrons. The van der Waals surface area contributed by atoms with Crippen LogP contribution in [0.15, 0.2) is 41.1 Å². The Bertz CT molecular complexity index is 1600. The van der Waals surface area contributed by atoms with Crippen molar-refractivity contribution in [1.29, 1.82) is 0 Å². The minimum Gasteiger partial charge on any atom is -0.477 e. The molecule has 0 unspecified atom stereocenters. The first-order valence-corrected chi connectivity index (χ1v) is 16.8. The summed E-state index contributed by atoms with van der Waals surface area (Å²) in [4.78, 5) is 79.9. The number of benzene rings is 1. The third-order valence-corrected chi connectivity index (χ3v) is 6.87. The van der Waals surface area contributed by atoms with Crippen molar-refractivity contribution in [1.82, 2.24) is 16.0 Å². The predicted octanol–water partition coefficient (Wildman–Crippen LogP) is 3.75. The fourth-order valence-corrected chi connectivity index (χ4v) is 4.97. The van der Waals surface area contributed by atoms with Gasteiger partial charge in [0.1, 0.15) is 23.1 Å². The van der Waals surface area contributed by atoms with Crippen LogP contribution in [0, 0.1) is 10.1 Å². The molecule has 20 heteroatoms. The van der Waals surface area contributed by atoms with Gasteiger partial charge in [-0.3, -0.25) is 25.5 Å². The molecule has 1 aromatic carbocycles. The Morgan fingerprint density at radius 3 is 2.04 bits per heavy atom. The zero-order valence-electron chi connectivity index (χ0n) is 31.7. The van der Waals surface area contributed by atoms with E-state index in [4.69, 9.17) is 37.9 Å². The first-order valence-electron chi connectivity index (χ1n) is 16.8. The summed E-state index contributed by atoms with van der Waals surface area (Å²) in [7, 11) is 0. The zero-order chi connectivity index (χ0) is 40.6. The molecule has 2 heterocycles. The highest BCUT2D eigenvalue weighted by molar-refractivity contribution is 6.01. The molecule has 5 atom stereocenters. The zero-order valence-corrected chi connectivity index (χ0v) is 31.7. The van der Waals surface area contributed by atoms with E-state index in [1.807, 2.05) is 0 Å². The average molecular weight is 766 g/mol. The number of nitro groups is 1. The van der Waals surface area contributed by atoms with Gasteiger partial charge in [0.2, 0.25) is 17.6 Å². The van der Waals surface area contributed by atoms with E-state index < -0.39 is 94.2 Å². The molecule has 0 aliphatic carbocycles. The number of carbonyl (C=O) groups excluding carboxylic acids is 5. The van der Waals surface area contributed by atoms with Crippen molar-refractivity contribution in [3.05, 3.63) is 46.2 Å². The van der Waals surface area contributed by atoms with Gasteiger partial charge in [0, 0.05) is 19.1 Å². The Morgan fingerprint density at radius 1 is 1.00 bits per heavy atom. The first-order chi connectivity index (χ1) is 24.9. The number of nitrogens with one attached hydrogen (secondary N) is 3. The van der Waals surface area contributed by atoms with Gasteiger partial charge in [-0.2, -0.15) is 0 Å². The highest BCUT2D eigenvalue weighted by Gasteiger charge is 2.51. The molecule has 298 valence electrons. The van der Waals surface area contributed by atoms with Crippen LogP contribution in [0.3, 0.4) is 0 Å². The minimum atomic E-state index is -1.54. The molecule has 3 N–H and O–H groups in total. The summed E-state index contributed by atoms with van der Waals surface area (Å²) < 4.78 is 44.7. The quantitative estimate of drug-likeness (QED) is 0.0616. The lowest BCUT2D eigenvalue weighted by atomic mass is 9.92. The standard InChI is InChI=1S/C34H47N5O15/c1-11-47-27(41)22-16-21(36-28(37-29(42)53-32(3,4)5)38-30(43)54-33(6,7)8)24(35-18(2)40)26(50-22)25(23-17-48-34(9,10)52-23)51-31(44)49-20-14-12-19(13-15-20)39(45)46/h12-16,21,23-26H,11,17H2,1-10H3,(H,35,40)(H2,36,37,38,42,43)/t21-,23+,24+,25+,26+/m0/s1. The van der Waals surface area contributed by atoms with Crippen molar-refractivity contribution in [2.24, 2.45) is 4.99 Å². The molecule has 1 aromatic rings. The van der Waals surface area contributed by atoms with Gasteiger partial charge in [-0.05, 0) is 80.5 Å². The maximum absolute atomic E-state index is 13.3. The molecule has 1 fully saturated rings. The summed E-state index contributed by atoms with van der Waals surface area (Å²) in [5.41, 5.74) is -2.19. The third-order valence-electron chi connectivity index (χ3n) is 6.87. The summed E-state index contributed by atoms with van der Waals surface area (Å²) in [6.07, 6.45) is -6.38. The molecule has 20 nitrogen and oxygen atoms in total. The van der Waals surface area contributed by atoms with Crippen LogP contribution < -0.4 is 20.7 Å². The van der Waals surface area contributed by atoms with Crippen LogP contribution in [0.1, 0.15) is 69.2 Å². The number of amides is 3. The fourth-order valence-electron chi connectivity index (χ4n) is 4.97. The van der Waals surface area contributed by atoms with Crippen LogP contribution in [-0.4, -0.2) is 102 Å². The van der Waals surface area contributed by atoms with Crippen molar-refractivity contribution in [3.8, 4) is 5.75 Å². The lowest BCUT2D eigenvalue weighted by Crippen LogP contribution is -2.61. The summed E-state index contributed by atoms with van der Waals surface area (Å²) in [5, 5.41) is 18.5. The van der Waals surface area contributed by atoms with Crippen molar-refractivity contribution >= 4 is 41.9 Å². The average Bonchev–Trinajstić information content (AvgIpc) is 3.37. The molecular formula is C34H47N5O15. The number of alkyl carbamates (subject to hydrolysis) is 2. The molecule has 0 saturated carbocycles. The van der Waals surface area contributed by atoms with Gasteiger partial charge >= 0.3 is 24.3 Å². The van der Waals surface area contributed by atoms with Gasteiger partial charge in [0.05, 0.1) is 30.2 Å². The normalized spacial score (nSPS) is 21.1. The van der Waals surface area contributed by atoms with Crippen LogP contribution in [0.2, 0.25) is 0 Å². The summed E-state index contributed by atoms with van der Waals surface area (Å²) >= 11 is 0. The van der Waals surface area contributed by atoms with E-state index in [0.717, 1.165) is 12.1 Å². The number of ether oxygens (including phenoxy) is 8. The topological polar surface area (TPSA) is 251 Å². The van der Waals surface area contributed by atoms with Gasteiger partial charge in [-0.25, -0.2) is 24.2 Å². The Labute approximate surface area is 311 Å². The molecule has 2 aliphatic rings. The Morgan fingerprint density at radius 2 is 1.57 bits per heavy atom. The summed E-state index contributed by atoms with van der Waals surface area (Å²) in [5.74, 6) is -3.86. The largest absolute Gasteiger partial charge is 0.514 e. The van der Waals surface area contributed by atoms with Gasteiger partial charge in [0.25, 0.3) is 5.69 Å². The third kappa shape index (κ3) is 13.5. The summed E-state index contributed by atoms with van der Waals surface area (Å²) in [6, 6.07) is 1.86. The minimum absolute atomic E-state index is 0.0752. The van der Waals surface area contributed by atoms with Gasteiger partial charge in [-0.1, -0.05) is 0 Å². The Hall–Kier alpha value is -5.50. The SMILES string of the molecule is CCOC(=O)C1=C[C@H](N=C(NC(=O)OC(C)(C)C)NC(=O)OC(C)(C)C)[C@@H](NC(C)=O)[C@H]([C@H](OC(=O)Oc2ccc([N+](=O)[O-])cc2)[C@H]2COC(C)(C)O2)O1. The van der Waals surface area contributed by atoms with E-state index in [1.54, 1.807) is 62.3 Å². The molecule has 0 spiro atoms. The van der Waals surface area contributed by atoms with Crippen LogP contribution in [0.25, 0.3) is 0 Å². The number of carbonyl (C=O) groups is 5. The highest BCUT2D eigenvalue weighted by atomic mass is 16.8. The fraction of sp³-hybridized carbons (Fsp3) is 0.588. The number of nitrogens with zero attached hydrogens (tertiary/aromatic N) is 2. The van der Waals surface area contributed by atoms with Crippen molar-refractivity contribution in [3.63, 3.8) is 0 Å². The Balaban J connectivity index is 2.15. The van der Waals surface area contributed by atoms with Crippen molar-refractivity contribution < 1.29 is 66.8 Å². The maximum Gasteiger partial charge on any atom is 0.514 e.